The Morgan fingerprint density at radius 3 is 2.56 bits per heavy atom. The summed E-state index contributed by atoms with van der Waals surface area (Å²) in [5, 5.41) is 16.0. The summed E-state index contributed by atoms with van der Waals surface area (Å²) < 4.78 is 0. The molecule has 0 aromatic heterocycles. The molecule has 0 aromatic carbocycles. The van der Waals surface area contributed by atoms with Crippen LogP contribution in [-0.2, 0) is 4.79 Å². The fraction of sp³-hybridized carbons (Fsp3) is 0.917. The predicted octanol–water partition coefficient (Wildman–Crippen LogP) is 0.973. The van der Waals surface area contributed by atoms with Crippen molar-refractivity contribution in [3.63, 3.8) is 0 Å². The van der Waals surface area contributed by atoms with Gasteiger partial charge in [0.05, 0.1) is 0 Å². The summed E-state index contributed by atoms with van der Waals surface area (Å²) in [5.74, 6) is -0.0753. The molecular weight excluding hydrogens is 204 g/mol. The average molecular weight is 226 g/mol. The van der Waals surface area contributed by atoms with Crippen LogP contribution in [0.4, 0.5) is 0 Å². The summed E-state index contributed by atoms with van der Waals surface area (Å²) in [5.41, 5.74) is -0.625. The van der Waals surface area contributed by atoms with Crippen LogP contribution < -0.4 is 10.6 Å². The lowest BCUT2D eigenvalue weighted by atomic mass is 9.78. The zero-order chi connectivity index (χ0) is 11.4. The normalized spacial score (nSPS) is 32.5. The third-order valence-electron chi connectivity index (χ3n) is 4.00. The Labute approximate surface area is 96.8 Å². The minimum Gasteiger partial charge on any atom is -0.480 e. The van der Waals surface area contributed by atoms with E-state index in [0.717, 1.165) is 58.2 Å². The van der Waals surface area contributed by atoms with Gasteiger partial charge in [-0.2, -0.15) is 0 Å². The largest absolute Gasteiger partial charge is 0.480 e. The van der Waals surface area contributed by atoms with E-state index in [9.17, 15) is 9.90 Å². The molecule has 3 N–H and O–H groups in total. The van der Waals surface area contributed by atoms with Gasteiger partial charge in [0.25, 0.3) is 0 Å². The van der Waals surface area contributed by atoms with Crippen LogP contribution in [0.25, 0.3) is 0 Å². The molecule has 0 amide bonds. The zero-order valence-corrected chi connectivity index (χ0v) is 9.80. The molecule has 1 unspecified atom stereocenters. The molecule has 2 aliphatic rings. The van der Waals surface area contributed by atoms with Gasteiger partial charge in [0.2, 0.25) is 0 Å². The van der Waals surface area contributed by atoms with E-state index in [1.54, 1.807) is 0 Å². The fourth-order valence-corrected chi connectivity index (χ4v) is 2.99. The Morgan fingerprint density at radius 1 is 1.25 bits per heavy atom. The molecule has 0 radical (unpaired) electrons. The Kier molecular flexibility index (Phi) is 3.82. The van der Waals surface area contributed by atoms with Crippen molar-refractivity contribution < 1.29 is 9.90 Å². The van der Waals surface area contributed by atoms with Gasteiger partial charge in [-0.25, -0.2) is 0 Å². The second kappa shape index (κ2) is 5.15. The third-order valence-corrected chi connectivity index (χ3v) is 4.00. The number of carbonyl (C=O) groups is 1. The first kappa shape index (κ1) is 11.9. The van der Waals surface area contributed by atoms with Crippen LogP contribution in [0.1, 0.15) is 38.5 Å². The standard InChI is InChI=1S/C12H22N2O2/c15-11(16)12(5-1-2-6-14-12)9-10-3-7-13-8-4-10/h10,13-14H,1-9H2,(H,15,16). The van der Waals surface area contributed by atoms with Gasteiger partial charge in [-0.1, -0.05) is 0 Å². The highest BCUT2D eigenvalue weighted by Crippen LogP contribution is 2.30. The van der Waals surface area contributed by atoms with Crippen molar-refractivity contribution in [3.8, 4) is 0 Å². The van der Waals surface area contributed by atoms with Crippen molar-refractivity contribution in [1.82, 2.24) is 10.6 Å². The molecule has 2 aliphatic heterocycles. The lowest BCUT2D eigenvalue weighted by Gasteiger charge is -2.38. The van der Waals surface area contributed by atoms with Crippen LogP contribution in [0, 0.1) is 5.92 Å². The van der Waals surface area contributed by atoms with Crippen LogP contribution in [0.3, 0.4) is 0 Å². The van der Waals surface area contributed by atoms with Crippen molar-refractivity contribution in [2.24, 2.45) is 5.92 Å². The summed E-state index contributed by atoms with van der Waals surface area (Å²) in [6, 6.07) is 0. The van der Waals surface area contributed by atoms with Crippen LogP contribution in [0.5, 0.6) is 0 Å². The lowest BCUT2D eigenvalue weighted by molar-refractivity contribution is -0.147. The number of nitrogens with one attached hydrogen (secondary N) is 2. The van der Waals surface area contributed by atoms with Gasteiger partial charge in [-0.3, -0.25) is 4.79 Å². The molecule has 2 fully saturated rings. The quantitative estimate of drug-likeness (QED) is 0.671. The van der Waals surface area contributed by atoms with Crippen molar-refractivity contribution in [2.75, 3.05) is 19.6 Å². The fourth-order valence-electron chi connectivity index (χ4n) is 2.99. The van der Waals surface area contributed by atoms with E-state index in [4.69, 9.17) is 0 Å². The Balaban J connectivity index is 1.98. The molecule has 2 heterocycles. The number of hydrogen-bond acceptors (Lipinski definition) is 3. The average Bonchev–Trinajstić information content (AvgIpc) is 2.31. The van der Waals surface area contributed by atoms with E-state index >= 15 is 0 Å². The van der Waals surface area contributed by atoms with Crippen LogP contribution >= 0.6 is 0 Å². The van der Waals surface area contributed by atoms with E-state index in [0.29, 0.717) is 5.92 Å². The molecule has 0 aliphatic carbocycles. The maximum Gasteiger partial charge on any atom is 0.323 e. The lowest BCUT2D eigenvalue weighted by Crippen LogP contribution is -2.56. The van der Waals surface area contributed by atoms with Crippen LogP contribution in [0.2, 0.25) is 0 Å². The topological polar surface area (TPSA) is 61.4 Å². The van der Waals surface area contributed by atoms with Gasteiger partial charge in [0.15, 0.2) is 0 Å². The maximum atomic E-state index is 11.5. The molecule has 1 atom stereocenters. The van der Waals surface area contributed by atoms with Crippen molar-refractivity contribution in [3.05, 3.63) is 0 Å². The van der Waals surface area contributed by atoms with E-state index < -0.39 is 11.5 Å². The molecule has 16 heavy (non-hydrogen) atoms. The van der Waals surface area contributed by atoms with Gasteiger partial charge >= 0.3 is 5.97 Å². The molecule has 0 spiro atoms. The Hall–Kier alpha value is -0.610. The van der Waals surface area contributed by atoms with Gasteiger partial charge in [0.1, 0.15) is 5.54 Å². The second-order valence-corrected chi connectivity index (χ2v) is 5.17. The van der Waals surface area contributed by atoms with E-state index in [1.165, 1.54) is 0 Å². The molecule has 0 saturated carbocycles. The van der Waals surface area contributed by atoms with Crippen molar-refractivity contribution in [1.29, 1.82) is 0 Å². The minimum absolute atomic E-state index is 0.572. The summed E-state index contributed by atoms with van der Waals surface area (Å²) in [4.78, 5) is 11.5. The predicted molar refractivity (Wildman–Crippen MR) is 62.4 cm³/mol. The van der Waals surface area contributed by atoms with Crippen molar-refractivity contribution >= 4 is 5.97 Å². The van der Waals surface area contributed by atoms with Crippen LogP contribution in [0.15, 0.2) is 0 Å². The summed E-state index contributed by atoms with van der Waals surface area (Å²) >= 11 is 0. The van der Waals surface area contributed by atoms with E-state index in [1.807, 2.05) is 0 Å². The number of aliphatic carboxylic acids is 1. The molecule has 0 bridgehead atoms. The highest BCUT2D eigenvalue weighted by molar-refractivity contribution is 5.79. The first-order valence-electron chi connectivity index (χ1n) is 6.42. The number of rotatable bonds is 3. The smallest absolute Gasteiger partial charge is 0.323 e. The summed E-state index contributed by atoms with van der Waals surface area (Å²) in [7, 11) is 0. The molecule has 4 nitrogen and oxygen atoms in total. The van der Waals surface area contributed by atoms with Gasteiger partial charge < -0.3 is 15.7 Å². The number of piperidine rings is 2. The Morgan fingerprint density at radius 2 is 2.00 bits per heavy atom. The summed E-state index contributed by atoms with van der Waals surface area (Å²) in [6.07, 6.45) is 6.01. The third kappa shape index (κ3) is 2.55. The van der Waals surface area contributed by atoms with Gasteiger partial charge in [-0.05, 0) is 64.1 Å². The number of carboxylic acid groups (broad SMARTS) is 1. The van der Waals surface area contributed by atoms with Gasteiger partial charge in [0, 0.05) is 0 Å². The second-order valence-electron chi connectivity index (χ2n) is 5.17. The molecule has 2 saturated heterocycles. The van der Waals surface area contributed by atoms with E-state index in [2.05, 4.69) is 10.6 Å². The molecule has 2 rings (SSSR count). The SMILES string of the molecule is O=C(O)C1(CC2CCNCC2)CCCCN1. The molecule has 0 aromatic rings. The zero-order valence-electron chi connectivity index (χ0n) is 9.80. The number of carboxylic acids is 1. The first-order valence-corrected chi connectivity index (χ1v) is 6.42. The number of hydrogen-bond donors (Lipinski definition) is 3. The summed E-state index contributed by atoms with van der Waals surface area (Å²) in [6.45, 7) is 2.94. The highest BCUT2D eigenvalue weighted by Gasteiger charge is 2.41. The van der Waals surface area contributed by atoms with Gasteiger partial charge in [-0.15, -0.1) is 0 Å². The van der Waals surface area contributed by atoms with E-state index in [-0.39, 0.29) is 0 Å². The monoisotopic (exact) mass is 226 g/mol. The highest BCUT2D eigenvalue weighted by atomic mass is 16.4. The van der Waals surface area contributed by atoms with Crippen molar-refractivity contribution in [2.45, 2.75) is 44.1 Å². The maximum absolute atomic E-state index is 11.5. The first-order chi connectivity index (χ1) is 7.73. The minimum atomic E-state index is -0.647. The van der Waals surface area contributed by atoms with Crippen LogP contribution in [-0.4, -0.2) is 36.2 Å². The molecular formula is C12H22N2O2. The Bertz CT molecular complexity index is 243. The molecule has 92 valence electrons. The molecule has 4 heteroatoms.